The maximum Gasteiger partial charge on any atom is 0.338 e. The second kappa shape index (κ2) is 11.0. The Morgan fingerprint density at radius 3 is 1.81 bits per heavy atom. The third-order valence-corrected chi connectivity index (χ3v) is 6.09. The van der Waals surface area contributed by atoms with E-state index < -0.39 is 48.9 Å². The van der Waals surface area contributed by atoms with Crippen molar-refractivity contribution in [1.29, 1.82) is 0 Å². The van der Waals surface area contributed by atoms with Crippen molar-refractivity contribution in [3.8, 4) is 0 Å². The maximum absolute atomic E-state index is 13.1. The van der Waals surface area contributed by atoms with E-state index in [0.29, 0.717) is 11.1 Å². The molecule has 0 bridgehead atoms. The molecule has 5 rings (SSSR count). The molecule has 2 aliphatic heterocycles. The van der Waals surface area contributed by atoms with Crippen molar-refractivity contribution in [3.05, 3.63) is 108 Å². The molecule has 0 amide bonds. The lowest BCUT2D eigenvalue weighted by atomic mass is 9.97. The molecule has 0 spiro atoms. The van der Waals surface area contributed by atoms with Crippen LogP contribution in [0.5, 0.6) is 0 Å². The average Bonchev–Trinajstić information content (AvgIpc) is 2.95. The predicted octanol–water partition coefficient (Wildman–Crippen LogP) is 3.92. The molecule has 0 aliphatic carbocycles. The zero-order valence-corrected chi connectivity index (χ0v) is 19.6. The molecular formula is C28H26O8. The summed E-state index contributed by atoms with van der Waals surface area (Å²) in [5, 5.41) is 0. The fourth-order valence-electron chi connectivity index (χ4n) is 4.31. The number of rotatable bonds is 6. The molecule has 8 heteroatoms. The summed E-state index contributed by atoms with van der Waals surface area (Å²) in [6, 6.07) is 26.5. The highest BCUT2D eigenvalue weighted by atomic mass is 16.8. The van der Waals surface area contributed by atoms with Crippen molar-refractivity contribution in [2.24, 2.45) is 0 Å². The normalized spacial score (nSPS) is 27.5. The molecule has 8 nitrogen and oxygen atoms in total. The summed E-state index contributed by atoms with van der Waals surface area (Å²) < 4.78 is 35.5. The molecule has 2 fully saturated rings. The van der Waals surface area contributed by atoms with Crippen LogP contribution in [0.4, 0.5) is 0 Å². The van der Waals surface area contributed by atoms with Gasteiger partial charge in [0.2, 0.25) is 0 Å². The SMILES string of the molecule is CO[C@H]1O[C@H]2COC(c3ccccc3)O[C@H]2[C@H](OC(=O)c2ccccc2)[C@@H]1OC(=O)c1ccccc1. The standard InChI is InChI=1S/C28H26O8/c1-31-28-24(35-26(30)19-13-7-3-8-14-19)23(34-25(29)18-11-5-2-6-12-18)22-21(33-28)17-32-27(36-22)20-15-9-4-10-16-20/h2-16,21-24,27-28H,17H2,1H3/t21-,22+,23-,24-,27?,28-/m0/s1. The Balaban J connectivity index is 1.46. The summed E-state index contributed by atoms with van der Waals surface area (Å²) in [4.78, 5) is 26.1. The molecule has 2 aliphatic rings. The van der Waals surface area contributed by atoms with Crippen molar-refractivity contribution < 1.29 is 38.0 Å². The van der Waals surface area contributed by atoms with Crippen LogP contribution in [-0.4, -0.2) is 56.4 Å². The minimum atomic E-state index is -1.09. The fraction of sp³-hybridized carbons (Fsp3) is 0.286. The average molecular weight is 491 g/mol. The smallest absolute Gasteiger partial charge is 0.338 e. The lowest BCUT2D eigenvalue weighted by molar-refractivity contribution is -0.356. The van der Waals surface area contributed by atoms with Gasteiger partial charge in [-0.15, -0.1) is 0 Å². The van der Waals surface area contributed by atoms with Crippen LogP contribution in [0.25, 0.3) is 0 Å². The monoisotopic (exact) mass is 490 g/mol. The first kappa shape index (κ1) is 24.1. The summed E-state index contributed by atoms with van der Waals surface area (Å²) in [6.45, 7) is 0.169. The summed E-state index contributed by atoms with van der Waals surface area (Å²) in [6.07, 6.45) is -5.23. The molecule has 0 N–H and O–H groups in total. The number of hydrogen-bond donors (Lipinski definition) is 0. The van der Waals surface area contributed by atoms with Crippen LogP contribution in [-0.2, 0) is 28.4 Å². The van der Waals surface area contributed by atoms with E-state index >= 15 is 0 Å². The number of ether oxygens (including phenoxy) is 6. The number of esters is 2. The highest BCUT2D eigenvalue weighted by molar-refractivity contribution is 5.90. The Morgan fingerprint density at radius 1 is 0.722 bits per heavy atom. The third-order valence-electron chi connectivity index (χ3n) is 6.09. The quantitative estimate of drug-likeness (QED) is 0.481. The van der Waals surface area contributed by atoms with Gasteiger partial charge in [0.15, 0.2) is 24.8 Å². The molecule has 3 aromatic rings. The minimum absolute atomic E-state index is 0.169. The van der Waals surface area contributed by atoms with Crippen LogP contribution in [0.2, 0.25) is 0 Å². The Bertz CT molecular complexity index is 1150. The van der Waals surface area contributed by atoms with Crippen molar-refractivity contribution in [3.63, 3.8) is 0 Å². The second-order valence-electron chi connectivity index (χ2n) is 8.43. The minimum Gasteiger partial charge on any atom is -0.452 e. The fourth-order valence-corrected chi connectivity index (χ4v) is 4.31. The van der Waals surface area contributed by atoms with Crippen molar-refractivity contribution >= 4 is 11.9 Å². The Hall–Kier alpha value is -3.56. The molecule has 36 heavy (non-hydrogen) atoms. The number of benzene rings is 3. The summed E-state index contributed by atoms with van der Waals surface area (Å²) in [5.74, 6) is -1.18. The van der Waals surface area contributed by atoms with Gasteiger partial charge in [0.25, 0.3) is 0 Å². The molecule has 0 aromatic heterocycles. The van der Waals surface area contributed by atoms with Gasteiger partial charge in [0.05, 0.1) is 17.7 Å². The van der Waals surface area contributed by atoms with E-state index in [1.165, 1.54) is 7.11 Å². The van der Waals surface area contributed by atoms with E-state index in [4.69, 9.17) is 28.4 Å². The molecule has 0 saturated carbocycles. The van der Waals surface area contributed by atoms with Crippen LogP contribution in [0, 0.1) is 0 Å². The van der Waals surface area contributed by atoms with Crippen LogP contribution in [0.3, 0.4) is 0 Å². The number of hydrogen-bond acceptors (Lipinski definition) is 8. The first-order valence-electron chi connectivity index (χ1n) is 11.7. The highest BCUT2D eigenvalue weighted by Gasteiger charge is 2.54. The zero-order valence-electron chi connectivity index (χ0n) is 19.6. The van der Waals surface area contributed by atoms with Crippen molar-refractivity contribution in [2.45, 2.75) is 37.0 Å². The molecule has 0 radical (unpaired) electrons. The number of carbonyl (C=O) groups excluding carboxylic acids is 2. The first-order chi connectivity index (χ1) is 17.6. The van der Waals surface area contributed by atoms with Gasteiger partial charge >= 0.3 is 11.9 Å². The molecule has 2 saturated heterocycles. The van der Waals surface area contributed by atoms with Gasteiger partial charge in [0.1, 0.15) is 12.2 Å². The Kier molecular flexibility index (Phi) is 7.39. The van der Waals surface area contributed by atoms with E-state index in [1.54, 1.807) is 60.7 Å². The van der Waals surface area contributed by atoms with Gasteiger partial charge in [-0.2, -0.15) is 0 Å². The molecule has 186 valence electrons. The van der Waals surface area contributed by atoms with Gasteiger partial charge in [-0.1, -0.05) is 66.7 Å². The Labute approximate surface area is 208 Å². The lowest BCUT2D eigenvalue weighted by Crippen LogP contribution is -2.64. The molecule has 6 atom stereocenters. The molecule has 2 heterocycles. The third kappa shape index (κ3) is 5.17. The number of carbonyl (C=O) groups is 2. The summed E-state index contributed by atoms with van der Waals surface area (Å²) in [5.41, 5.74) is 1.50. The van der Waals surface area contributed by atoms with E-state index in [0.717, 1.165) is 5.56 Å². The maximum atomic E-state index is 13.1. The Morgan fingerprint density at radius 2 is 1.25 bits per heavy atom. The van der Waals surface area contributed by atoms with Crippen LogP contribution in [0.1, 0.15) is 32.6 Å². The number of fused-ring (bicyclic) bond motifs is 1. The van der Waals surface area contributed by atoms with Crippen LogP contribution < -0.4 is 0 Å². The summed E-state index contributed by atoms with van der Waals surface area (Å²) >= 11 is 0. The largest absolute Gasteiger partial charge is 0.452 e. The van der Waals surface area contributed by atoms with E-state index in [1.807, 2.05) is 30.3 Å². The molecule has 3 aromatic carbocycles. The van der Waals surface area contributed by atoms with E-state index in [9.17, 15) is 9.59 Å². The van der Waals surface area contributed by atoms with Gasteiger partial charge in [-0.25, -0.2) is 9.59 Å². The predicted molar refractivity (Wildman–Crippen MR) is 127 cm³/mol. The van der Waals surface area contributed by atoms with Crippen molar-refractivity contribution in [1.82, 2.24) is 0 Å². The zero-order chi connectivity index (χ0) is 24.9. The van der Waals surface area contributed by atoms with Gasteiger partial charge < -0.3 is 28.4 Å². The van der Waals surface area contributed by atoms with E-state index in [2.05, 4.69) is 0 Å². The molecule has 1 unspecified atom stereocenters. The highest BCUT2D eigenvalue weighted by Crippen LogP contribution is 2.37. The van der Waals surface area contributed by atoms with Gasteiger partial charge in [0, 0.05) is 12.7 Å². The lowest BCUT2D eigenvalue weighted by Gasteiger charge is -2.47. The van der Waals surface area contributed by atoms with Crippen LogP contribution in [0.15, 0.2) is 91.0 Å². The van der Waals surface area contributed by atoms with Gasteiger partial charge in [-0.05, 0) is 24.3 Å². The first-order valence-corrected chi connectivity index (χ1v) is 11.7. The summed E-state index contributed by atoms with van der Waals surface area (Å²) in [7, 11) is 1.43. The molecular weight excluding hydrogens is 464 g/mol. The van der Waals surface area contributed by atoms with Gasteiger partial charge in [-0.3, -0.25) is 0 Å². The second-order valence-corrected chi connectivity index (χ2v) is 8.43. The topological polar surface area (TPSA) is 89.5 Å². The van der Waals surface area contributed by atoms with Crippen molar-refractivity contribution in [2.75, 3.05) is 13.7 Å². The number of methoxy groups -OCH3 is 1. The van der Waals surface area contributed by atoms with Crippen LogP contribution >= 0.6 is 0 Å². The van der Waals surface area contributed by atoms with E-state index in [-0.39, 0.29) is 6.61 Å².